The molecule has 4 aromatic rings. The van der Waals surface area contributed by atoms with Crippen LogP contribution in [-0.4, -0.2) is 34.3 Å². The molecule has 6 heteroatoms. The highest BCUT2D eigenvalue weighted by Crippen LogP contribution is 2.34. The Balaban J connectivity index is 1.33. The first kappa shape index (κ1) is 28.3. The molecule has 1 N–H and O–H groups in total. The molecule has 1 saturated carbocycles. The van der Waals surface area contributed by atoms with Crippen molar-refractivity contribution in [2.45, 2.75) is 70.8 Å². The van der Waals surface area contributed by atoms with E-state index in [1.54, 1.807) is 29.8 Å². The fourth-order valence-corrected chi connectivity index (χ4v) is 5.61. The van der Waals surface area contributed by atoms with Crippen molar-refractivity contribution < 1.29 is 14.3 Å². The summed E-state index contributed by atoms with van der Waals surface area (Å²) in [5.41, 5.74) is 6.01. The molecule has 5 rings (SSSR count). The molecular formula is C35H39N3O3. The van der Waals surface area contributed by atoms with Crippen LogP contribution in [0.3, 0.4) is 0 Å². The zero-order valence-corrected chi connectivity index (χ0v) is 24.0. The molecular weight excluding hydrogens is 510 g/mol. The molecule has 41 heavy (non-hydrogen) atoms. The first-order valence-corrected chi connectivity index (χ1v) is 14.8. The Morgan fingerprint density at radius 3 is 2.34 bits per heavy atom. The van der Waals surface area contributed by atoms with Gasteiger partial charge in [-0.1, -0.05) is 73.9 Å². The van der Waals surface area contributed by atoms with E-state index in [2.05, 4.69) is 46.8 Å². The minimum absolute atomic E-state index is 0.0452. The van der Waals surface area contributed by atoms with E-state index in [-0.39, 0.29) is 24.2 Å². The minimum Gasteiger partial charge on any atom is -0.461 e. The van der Waals surface area contributed by atoms with Gasteiger partial charge in [-0.2, -0.15) is 5.10 Å². The fraction of sp³-hybridized carbons (Fsp3) is 0.343. The standard InChI is InChI=1S/C35H39N3O3/c1-3-41-35(40)32-24-33(29-18-16-28(17-19-29)27-12-8-5-9-13-27)38(37-32)31-22-20-30(21-23-31)34(39)36-25(2)14-15-26-10-6-4-7-11-26/h4,6-7,10-11,16-25,27H,3,5,8-9,12-15H2,1-2H3,(H,36,39)/t25-/m0/s1. The number of benzene rings is 3. The highest BCUT2D eigenvalue weighted by molar-refractivity contribution is 5.94. The first-order valence-electron chi connectivity index (χ1n) is 14.8. The van der Waals surface area contributed by atoms with Gasteiger partial charge in [-0.15, -0.1) is 0 Å². The van der Waals surface area contributed by atoms with Crippen LogP contribution in [0, 0.1) is 0 Å². The topological polar surface area (TPSA) is 73.2 Å². The van der Waals surface area contributed by atoms with Crippen LogP contribution in [0.5, 0.6) is 0 Å². The van der Waals surface area contributed by atoms with Gasteiger partial charge in [-0.05, 0) is 86.9 Å². The van der Waals surface area contributed by atoms with E-state index in [0.29, 0.717) is 11.5 Å². The predicted molar refractivity (Wildman–Crippen MR) is 162 cm³/mol. The summed E-state index contributed by atoms with van der Waals surface area (Å²) in [7, 11) is 0. The maximum atomic E-state index is 12.9. The van der Waals surface area contributed by atoms with Gasteiger partial charge in [0.05, 0.1) is 18.0 Å². The van der Waals surface area contributed by atoms with Crippen LogP contribution < -0.4 is 5.32 Å². The van der Waals surface area contributed by atoms with Gasteiger partial charge in [0.15, 0.2) is 5.69 Å². The van der Waals surface area contributed by atoms with Crippen molar-refractivity contribution in [2.24, 2.45) is 0 Å². The number of carbonyl (C=O) groups excluding carboxylic acids is 2. The normalized spacial score (nSPS) is 14.4. The second kappa shape index (κ2) is 13.4. The monoisotopic (exact) mass is 549 g/mol. The number of rotatable bonds is 10. The number of ether oxygens (including phenoxy) is 1. The lowest BCUT2D eigenvalue weighted by Gasteiger charge is -2.22. The molecule has 1 atom stereocenters. The lowest BCUT2D eigenvalue weighted by Crippen LogP contribution is -2.32. The summed E-state index contributed by atoms with van der Waals surface area (Å²) in [5, 5.41) is 7.71. The Hall–Kier alpha value is -4.19. The number of hydrogen-bond acceptors (Lipinski definition) is 4. The van der Waals surface area contributed by atoms with Crippen LogP contribution >= 0.6 is 0 Å². The van der Waals surface area contributed by atoms with Gasteiger partial charge in [0.2, 0.25) is 0 Å². The highest BCUT2D eigenvalue weighted by Gasteiger charge is 2.20. The number of esters is 1. The number of carbonyl (C=O) groups is 2. The van der Waals surface area contributed by atoms with Crippen molar-refractivity contribution in [1.82, 2.24) is 15.1 Å². The molecule has 1 aliphatic rings. The van der Waals surface area contributed by atoms with E-state index in [9.17, 15) is 9.59 Å². The van der Waals surface area contributed by atoms with Gasteiger partial charge in [0, 0.05) is 17.2 Å². The maximum Gasteiger partial charge on any atom is 0.358 e. The lowest BCUT2D eigenvalue weighted by atomic mass is 9.84. The van der Waals surface area contributed by atoms with Crippen molar-refractivity contribution in [3.63, 3.8) is 0 Å². The Labute approximate surface area is 242 Å². The summed E-state index contributed by atoms with van der Waals surface area (Å²) < 4.78 is 6.99. The highest BCUT2D eigenvalue weighted by atomic mass is 16.5. The van der Waals surface area contributed by atoms with Gasteiger partial charge in [-0.25, -0.2) is 9.48 Å². The molecule has 0 spiro atoms. The lowest BCUT2D eigenvalue weighted by molar-refractivity contribution is 0.0518. The summed E-state index contributed by atoms with van der Waals surface area (Å²) in [6.07, 6.45) is 8.18. The summed E-state index contributed by atoms with van der Waals surface area (Å²) in [6, 6.07) is 28.1. The van der Waals surface area contributed by atoms with Crippen molar-refractivity contribution >= 4 is 11.9 Å². The molecule has 0 saturated heterocycles. The Kier molecular flexibility index (Phi) is 9.29. The van der Waals surface area contributed by atoms with Crippen molar-refractivity contribution in [3.05, 3.63) is 107 Å². The summed E-state index contributed by atoms with van der Waals surface area (Å²) in [5.74, 6) is 0.0627. The molecule has 1 heterocycles. The SMILES string of the molecule is CCOC(=O)c1cc(-c2ccc(C3CCCCC3)cc2)n(-c2ccc(C(=O)N[C@@H](C)CCc3ccccc3)cc2)n1. The second-order valence-electron chi connectivity index (χ2n) is 10.9. The summed E-state index contributed by atoms with van der Waals surface area (Å²) in [4.78, 5) is 25.5. The quantitative estimate of drug-likeness (QED) is 0.208. The third-order valence-electron chi connectivity index (χ3n) is 7.94. The second-order valence-corrected chi connectivity index (χ2v) is 10.9. The largest absolute Gasteiger partial charge is 0.461 e. The van der Waals surface area contributed by atoms with Crippen molar-refractivity contribution in [3.8, 4) is 16.9 Å². The number of nitrogens with one attached hydrogen (secondary N) is 1. The fourth-order valence-electron chi connectivity index (χ4n) is 5.61. The maximum absolute atomic E-state index is 12.9. The molecule has 1 aliphatic carbocycles. The average Bonchev–Trinajstić information content (AvgIpc) is 3.47. The molecule has 0 aliphatic heterocycles. The van der Waals surface area contributed by atoms with E-state index >= 15 is 0 Å². The van der Waals surface area contributed by atoms with Crippen LogP contribution in [0.25, 0.3) is 16.9 Å². The molecule has 3 aromatic carbocycles. The average molecular weight is 550 g/mol. The van der Waals surface area contributed by atoms with Crippen LogP contribution in [0.15, 0.2) is 84.9 Å². The predicted octanol–water partition coefficient (Wildman–Crippen LogP) is 7.51. The molecule has 0 unspecified atom stereocenters. The number of amides is 1. The van der Waals surface area contributed by atoms with Crippen molar-refractivity contribution in [1.29, 1.82) is 0 Å². The molecule has 1 aromatic heterocycles. The van der Waals surface area contributed by atoms with E-state index in [0.717, 1.165) is 29.8 Å². The molecule has 0 bridgehead atoms. The van der Waals surface area contributed by atoms with Gasteiger partial charge in [0.1, 0.15) is 0 Å². The zero-order valence-electron chi connectivity index (χ0n) is 24.0. The number of aryl methyl sites for hydroxylation is 1. The molecule has 6 nitrogen and oxygen atoms in total. The van der Waals surface area contributed by atoms with Crippen LogP contribution in [-0.2, 0) is 11.2 Å². The van der Waals surface area contributed by atoms with E-state index in [1.165, 1.54) is 43.2 Å². The Morgan fingerprint density at radius 1 is 0.951 bits per heavy atom. The van der Waals surface area contributed by atoms with Crippen molar-refractivity contribution in [2.75, 3.05) is 6.61 Å². The third kappa shape index (κ3) is 7.12. The number of aromatic nitrogens is 2. The van der Waals surface area contributed by atoms with Gasteiger partial charge in [-0.3, -0.25) is 4.79 Å². The molecule has 212 valence electrons. The minimum atomic E-state index is -0.452. The number of nitrogens with zero attached hydrogens (tertiary/aromatic N) is 2. The summed E-state index contributed by atoms with van der Waals surface area (Å²) in [6.45, 7) is 4.10. The van der Waals surface area contributed by atoms with Crippen LogP contribution in [0.1, 0.15) is 90.3 Å². The molecule has 1 fully saturated rings. The summed E-state index contributed by atoms with van der Waals surface area (Å²) >= 11 is 0. The Bertz CT molecular complexity index is 1440. The Morgan fingerprint density at radius 2 is 1.66 bits per heavy atom. The van der Waals surface area contributed by atoms with E-state index < -0.39 is 5.97 Å². The third-order valence-corrected chi connectivity index (χ3v) is 7.94. The van der Waals surface area contributed by atoms with Crippen LogP contribution in [0.4, 0.5) is 0 Å². The first-order chi connectivity index (χ1) is 20.0. The van der Waals surface area contributed by atoms with Gasteiger partial charge < -0.3 is 10.1 Å². The van der Waals surface area contributed by atoms with Gasteiger partial charge in [0.25, 0.3) is 5.91 Å². The smallest absolute Gasteiger partial charge is 0.358 e. The molecule has 1 amide bonds. The number of hydrogen-bond donors (Lipinski definition) is 1. The van der Waals surface area contributed by atoms with Gasteiger partial charge >= 0.3 is 5.97 Å². The van der Waals surface area contributed by atoms with E-state index in [1.807, 2.05) is 37.3 Å². The van der Waals surface area contributed by atoms with E-state index in [4.69, 9.17) is 4.74 Å². The zero-order chi connectivity index (χ0) is 28.6. The van der Waals surface area contributed by atoms with Crippen LogP contribution in [0.2, 0.25) is 0 Å². The molecule has 0 radical (unpaired) electrons.